The summed E-state index contributed by atoms with van der Waals surface area (Å²) in [5.74, 6) is 0.760. The maximum absolute atomic E-state index is 10.1. The van der Waals surface area contributed by atoms with Gasteiger partial charge in [-0.1, -0.05) is 25.1 Å². The summed E-state index contributed by atoms with van der Waals surface area (Å²) in [6.45, 7) is 0. The molecule has 0 saturated heterocycles. The summed E-state index contributed by atoms with van der Waals surface area (Å²) in [4.78, 5) is 6.71. The van der Waals surface area contributed by atoms with Gasteiger partial charge in [0.15, 0.2) is 0 Å². The molecule has 1 fully saturated rings. The van der Waals surface area contributed by atoms with Crippen LogP contribution in [-0.2, 0) is 0 Å². The first-order valence-corrected chi connectivity index (χ1v) is 6.68. The van der Waals surface area contributed by atoms with Crippen LogP contribution in [0.15, 0.2) is 18.3 Å². The number of thiocarbonyl (C=S) groups is 1. The van der Waals surface area contributed by atoms with Gasteiger partial charge in [-0.25, -0.2) is 4.98 Å². The molecular weight excluding hydrogens is 246 g/mol. The number of likely N-dealkylation sites (N-methyl/N-ethyl adjacent to an activating group) is 1. The molecule has 0 amide bonds. The van der Waals surface area contributed by atoms with E-state index in [2.05, 4.69) is 4.98 Å². The fourth-order valence-electron chi connectivity index (χ4n) is 2.57. The third kappa shape index (κ3) is 2.62. The number of aliphatic hydroxyl groups is 1. The molecule has 1 heterocycles. The van der Waals surface area contributed by atoms with Gasteiger partial charge in [0.25, 0.3) is 0 Å². The van der Waals surface area contributed by atoms with Crippen molar-refractivity contribution in [2.24, 2.45) is 5.73 Å². The van der Waals surface area contributed by atoms with Crippen molar-refractivity contribution in [2.75, 3.05) is 11.9 Å². The van der Waals surface area contributed by atoms with Crippen LogP contribution < -0.4 is 10.6 Å². The fourth-order valence-corrected chi connectivity index (χ4v) is 2.73. The molecule has 3 N–H and O–H groups in total. The molecule has 4 nitrogen and oxygen atoms in total. The smallest absolute Gasteiger partial charge is 0.138 e. The Morgan fingerprint density at radius 3 is 2.89 bits per heavy atom. The molecule has 18 heavy (non-hydrogen) atoms. The van der Waals surface area contributed by atoms with Crippen LogP contribution in [0.4, 0.5) is 5.82 Å². The molecule has 1 aromatic rings. The van der Waals surface area contributed by atoms with Gasteiger partial charge in [-0.05, 0) is 25.0 Å². The first-order valence-electron chi connectivity index (χ1n) is 6.27. The first kappa shape index (κ1) is 13.2. The van der Waals surface area contributed by atoms with Gasteiger partial charge >= 0.3 is 0 Å². The minimum absolute atomic E-state index is 0.0988. The van der Waals surface area contributed by atoms with Gasteiger partial charge in [0.2, 0.25) is 0 Å². The Balaban J connectivity index is 2.27. The molecular formula is C13H19N3OS. The third-order valence-electron chi connectivity index (χ3n) is 3.58. The van der Waals surface area contributed by atoms with Gasteiger partial charge in [-0.15, -0.1) is 0 Å². The quantitative estimate of drug-likeness (QED) is 0.810. The van der Waals surface area contributed by atoms with Crippen molar-refractivity contribution in [3.05, 3.63) is 23.9 Å². The van der Waals surface area contributed by atoms with Crippen LogP contribution in [-0.4, -0.2) is 34.3 Å². The first-order chi connectivity index (χ1) is 8.61. The lowest BCUT2D eigenvalue weighted by molar-refractivity contribution is 0.106. The SMILES string of the molecule is CN(c1ncccc1C(N)=S)C1CCCCC1O. The molecule has 5 heteroatoms. The zero-order valence-corrected chi connectivity index (χ0v) is 11.4. The van der Waals surface area contributed by atoms with E-state index in [0.717, 1.165) is 37.1 Å². The van der Waals surface area contributed by atoms with Gasteiger partial charge < -0.3 is 15.7 Å². The Hall–Kier alpha value is -1.20. The Bertz CT molecular complexity index is 438. The second-order valence-corrected chi connectivity index (χ2v) is 5.21. The molecule has 1 aliphatic carbocycles. The highest BCUT2D eigenvalue weighted by Crippen LogP contribution is 2.27. The second-order valence-electron chi connectivity index (χ2n) is 4.77. The third-order valence-corrected chi connectivity index (χ3v) is 3.80. The molecule has 2 unspecified atom stereocenters. The van der Waals surface area contributed by atoms with E-state index < -0.39 is 0 Å². The van der Waals surface area contributed by atoms with Gasteiger partial charge in [0, 0.05) is 13.2 Å². The molecule has 0 spiro atoms. The van der Waals surface area contributed by atoms with Crippen molar-refractivity contribution in [3.8, 4) is 0 Å². The topological polar surface area (TPSA) is 62.4 Å². The number of pyridine rings is 1. The molecule has 1 aromatic heterocycles. The van der Waals surface area contributed by atoms with E-state index >= 15 is 0 Å². The molecule has 0 aromatic carbocycles. The largest absolute Gasteiger partial charge is 0.391 e. The molecule has 2 atom stereocenters. The zero-order valence-electron chi connectivity index (χ0n) is 10.5. The highest BCUT2D eigenvalue weighted by Gasteiger charge is 2.28. The Labute approximate surface area is 113 Å². The second kappa shape index (κ2) is 5.63. The number of rotatable bonds is 3. The molecule has 1 aliphatic rings. The van der Waals surface area contributed by atoms with Crippen LogP contribution in [0.1, 0.15) is 31.2 Å². The van der Waals surface area contributed by atoms with Crippen molar-refractivity contribution in [2.45, 2.75) is 37.8 Å². The van der Waals surface area contributed by atoms with E-state index in [-0.39, 0.29) is 12.1 Å². The maximum atomic E-state index is 10.1. The number of anilines is 1. The molecule has 0 aliphatic heterocycles. The van der Waals surface area contributed by atoms with E-state index in [0.29, 0.717) is 4.99 Å². The van der Waals surface area contributed by atoms with Gasteiger partial charge in [-0.3, -0.25) is 0 Å². The van der Waals surface area contributed by atoms with Crippen LogP contribution in [0.2, 0.25) is 0 Å². The van der Waals surface area contributed by atoms with E-state index in [4.69, 9.17) is 18.0 Å². The maximum Gasteiger partial charge on any atom is 0.138 e. The number of hydrogen-bond acceptors (Lipinski definition) is 4. The van der Waals surface area contributed by atoms with E-state index in [9.17, 15) is 5.11 Å². The Morgan fingerprint density at radius 2 is 2.22 bits per heavy atom. The zero-order chi connectivity index (χ0) is 13.1. The van der Waals surface area contributed by atoms with Crippen molar-refractivity contribution in [1.82, 2.24) is 4.98 Å². The lowest BCUT2D eigenvalue weighted by atomic mass is 9.91. The van der Waals surface area contributed by atoms with E-state index in [1.807, 2.05) is 24.1 Å². The van der Waals surface area contributed by atoms with Gasteiger partial charge in [0.1, 0.15) is 10.8 Å². The average molecular weight is 265 g/mol. The summed E-state index contributed by atoms with van der Waals surface area (Å²) in [6.07, 6.45) is 5.49. The predicted molar refractivity (Wildman–Crippen MR) is 76.8 cm³/mol. The Kier molecular flexibility index (Phi) is 4.14. The number of aliphatic hydroxyl groups excluding tert-OH is 1. The molecule has 98 valence electrons. The van der Waals surface area contributed by atoms with Crippen LogP contribution >= 0.6 is 12.2 Å². The summed E-state index contributed by atoms with van der Waals surface area (Å²) in [5, 5.41) is 10.1. The summed E-state index contributed by atoms with van der Waals surface area (Å²) >= 11 is 5.05. The minimum atomic E-state index is -0.301. The highest BCUT2D eigenvalue weighted by molar-refractivity contribution is 7.80. The summed E-state index contributed by atoms with van der Waals surface area (Å²) in [7, 11) is 1.95. The van der Waals surface area contributed by atoms with Gasteiger partial charge in [0.05, 0.1) is 17.7 Å². The van der Waals surface area contributed by atoms with Crippen LogP contribution in [0.5, 0.6) is 0 Å². The molecule has 1 saturated carbocycles. The Morgan fingerprint density at radius 1 is 1.50 bits per heavy atom. The predicted octanol–water partition coefficient (Wildman–Crippen LogP) is 1.46. The number of aromatic nitrogens is 1. The van der Waals surface area contributed by atoms with Crippen LogP contribution in [0.3, 0.4) is 0 Å². The molecule has 0 bridgehead atoms. The lowest BCUT2D eigenvalue weighted by Gasteiger charge is -2.36. The number of hydrogen-bond donors (Lipinski definition) is 2. The lowest BCUT2D eigenvalue weighted by Crippen LogP contribution is -2.44. The number of nitrogens with zero attached hydrogens (tertiary/aromatic N) is 2. The summed E-state index contributed by atoms with van der Waals surface area (Å²) < 4.78 is 0. The van der Waals surface area contributed by atoms with Crippen molar-refractivity contribution >= 4 is 23.0 Å². The van der Waals surface area contributed by atoms with Gasteiger partial charge in [-0.2, -0.15) is 0 Å². The van der Waals surface area contributed by atoms with E-state index in [1.165, 1.54) is 0 Å². The molecule has 2 rings (SSSR count). The van der Waals surface area contributed by atoms with E-state index in [1.54, 1.807) is 6.20 Å². The normalized spacial score (nSPS) is 23.7. The van der Waals surface area contributed by atoms with Crippen LogP contribution in [0.25, 0.3) is 0 Å². The summed E-state index contributed by atoms with van der Waals surface area (Å²) in [6, 6.07) is 3.79. The molecule has 0 radical (unpaired) electrons. The summed E-state index contributed by atoms with van der Waals surface area (Å²) in [5.41, 5.74) is 6.49. The number of nitrogens with two attached hydrogens (primary N) is 1. The minimum Gasteiger partial charge on any atom is -0.391 e. The average Bonchev–Trinajstić information content (AvgIpc) is 2.38. The van der Waals surface area contributed by atoms with Crippen molar-refractivity contribution in [3.63, 3.8) is 0 Å². The monoisotopic (exact) mass is 265 g/mol. The van der Waals surface area contributed by atoms with Crippen molar-refractivity contribution in [1.29, 1.82) is 0 Å². The highest BCUT2D eigenvalue weighted by atomic mass is 32.1. The van der Waals surface area contributed by atoms with Crippen LogP contribution in [0, 0.1) is 0 Å². The van der Waals surface area contributed by atoms with Crippen molar-refractivity contribution < 1.29 is 5.11 Å². The standard InChI is InChI=1S/C13H19N3OS/c1-16(10-6-2-3-7-11(10)17)13-9(12(14)18)5-4-8-15-13/h4-5,8,10-11,17H,2-3,6-7H2,1H3,(H2,14,18). The fraction of sp³-hybridized carbons (Fsp3) is 0.538.